The Labute approximate surface area is 129 Å². The zero-order chi connectivity index (χ0) is 15.6. The number of nitrogens with zero attached hydrogens (tertiary/aromatic N) is 2. The fourth-order valence-electron chi connectivity index (χ4n) is 2.64. The van der Waals surface area contributed by atoms with Crippen molar-refractivity contribution in [1.29, 1.82) is 0 Å². The molecule has 0 saturated carbocycles. The maximum absolute atomic E-state index is 13.1. The number of halogens is 2. The molecule has 0 radical (unpaired) electrons. The van der Waals surface area contributed by atoms with Crippen molar-refractivity contribution in [3.05, 3.63) is 46.0 Å². The lowest BCUT2D eigenvalue weighted by Crippen LogP contribution is -2.17. The molecule has 1 N–H and O–H groups in total. The normalized spacial score (nSPS) is 12.5. The molecule has 21 heavy (non-hydrogen) atoms. The molecule has 0 bridgehead atoms. The molecule has 1 unspecified atom stereocenters. The van der Waals surface area contributed by atoms with Crippen LogP contribution in [0.1, 0.15) is 29.8 Å². The fourth-order valence-corrected chi connectivity index (χ4v) is 2.89. The molecule has 0 fully saturated rings. The summed E-state index contributed by atoms with van der Waals surface area (Å²) in [5, 5.41) is 3.49. The minimum atomic E-state index is -0.364. The highest BCUT2D eigenvalue weighted by Gasteiger charge is 2.16. The number of aromatic nitrogens is 2. The fraction of sp³-hybridized carbons (Fsp3) is 0.375. The van der Waals surface area contributed by atoms with E-state index in [9.17, 15) is 4.39 Å². The third-order valence-electron chi connectivity index (χ3n) is 3.50. The van der Waals surface area contributed by atoms with Crippen LogP contribution in [0.15, 0.2) is 18.2 Å². The van der Waals surface area contributed by atoms with Crippen molar-refractivity contribution in [2.24, 2.45) is 0 Å². The molecule has 0 aliphatic rings. The molecule has 0 aliphatic carbocycles. The first-order valence-electron chi connectivity index (χ1n) is 6.89. The second-order valence-electron chi connectivity index (χ2n) is 5.21. The van der Waals surface area contributed by atoms with Gasteiger partial charge in [0.05, 0.1) is 5.02 Å². The van der Waals surface area contributed by atoms with Gasteiger partial charge in [-0.1, -0.05) is 18.5 Å². The topological polar surface area (TPSA) is 37.8 Å². The molecule has 0 spiro atoms. The summed E-state index contributed by atoms with van der Waals surface area (Å²) in [5.74, 6) is 0.500. The first-order valence-corrected chi connectivity index (χ1v) is 7.27. The first-order chi connectivity index (χ1) is 9.93. The van der Waals surface area contributed by atoms with Gasteiger partial charge in [0.25, 0.3) is 0 Å². The highest BCUT2D eigenvalue weighted by atomic mass is 35.5. The van der Waals surface area contributed by atoms with Crippen molar-refractivity contribution < 1.29 is 4.39 Å². The predicted octanol–water partition coefficient (Wildman–Crippen LogP) is 3.88. The molecular formula is C16H19ClFN3. The molecule has 2 aromatic rings. The number of benzene rings is 1. The first kappa shape index (κ1) is 15.9. The van der Waals surface area contributed by atoms with Crippen molar-refractivity contribution in [3.8, 4) is 11.4 Å². The summed E-state index contributed by atoms with van der Waals surface area (Å²) in [6.45, 7) is 6.94. The van der Waals surface area contributed by atoms with E-state index in [0.29, 0.717) is 22.3 Å². The number of hydrogen-bond acceptors (Lipinski definition) is 3. The lowest BCUT2D eigenvalue weighted by Gasteiger charge is -2.17. The van der Waals surface area contributed by atoms with Crippen LogP contribution in [-0.2, 0) is 0 Å². The molecule has 1 heterocycles. The highest BCUT2D eigenvalue weighted by Crippen LogP contribution is 2.29. The van der Waals surface area contributed by atoms with Gasteiger partial charge in [-0.2, -0.15) is 0 Å². The van der Waals surface area contributed by atoms with E-state index >= 15 is 0 Å². The van der Waals surface area contributed by atoms with Crippen LogP contribution in [-0.4, -0.2) is 23.6 Å². The molecular weight excluding hydrogens is 289 g/mol. The Hall–Kier alpha value is -1.52. The van der Waals surface area contributed by atoms with E-state index in [-0.39, 0.29) is 5.82 Å². The standard InChI is InChI=1S/C16H19ClFN3/c1-9(8-19-4)15-10(2)20-16(21-11(15)3)13-6-5-12(18)7-14(13)17/h5-7,9,19H,8H2,1-4H3. The predicted molar refractivity (Wildman–Crippen MR) is 84.3 cm³/mol. The maximum Gasteiger partial charge on any atom is 0.161 e. The van der Waals surface area contributed by atoms with Crippen LogP contribution in [0.4, 0.5) is 4.39 Å². The van der Waals surface area contributed by atoms with Crippen LogP contribution >= 0.6 is 11.6 Å². The average Bonchev–Trinajstić information content (AvgIpc) is 2.37. The summed E-state index contributed by atoms with van der Waals surface area (Å²) < 4.78 is 13.1. The largest absolute Gasteiger partial charge is 0.319 e. The third kappa shape index (κ3) is 3.39. The van der Waals surface area contributed by atoms with Gasteiger partial charge in [-0.05, 0) is 50.6 Å². The molecule has 2 rings (SSSR count). The molecule has 1 atom stereocenters. The van der Waals surface area contributed by atoms with Gasteiger partial charge in [-0.3, -0.25) is 0 Å². The lowest BCUT2D eigenvalue weighted by atomic mass is 9.98. The van der Waals surface area contributed by atoms with Gasteiger partial charge in [0.1, 0.15) is 5.82 Å². The van der Waals surface area contributed by atoms with Crippen LogP contribution in [0.5, 0.6) is 0 Å². The van der Waals surface area contributed by atoms with E-state index < -0.39 is 0 Å². The molecule has 0 saturated heterocycles. The molecule has 0 amide bonds. The Bertz CT molecular complexity index is 635. The zero-order valence-corrected chi connectivity index (χ0v) is 13.4. The Morgan fingerprint density at radius 1 is 1.24 bits per heavy atom. The summed E-state index contributed by atoms with van der Waals surface area (Å²) >= 11 is 6.09. The summed E-state index contributed by atoms with van der Waals surface area (Å²) in [6, 6.07) is 4.26. The molecule has 5 heteroatoms. The van der Waals surface area contributed by atoms with Gasteiger partial charge < -0.3 is 5.32 Å². The Kier molecular flexibility index (Phi) is 4.91. The number of rotatable bonds is 4. The van der Waals surface area contributed by atoms with Crippen molar-refractivity contribution in [2.45, 2.75) is 26.7 Å². The second kappa shape index (κ2) is 6.50. The van der Waals surface area contributed by atoms with E-state index in [4.69, 9.17) is 11.6 Å². The van der Waals surface area contributed by atoms with Gasteiger partial charge >= 0.3 is 0 Å². The molecule has 1 aromatic heterocycles. The summed E-state index contributed by atoms with van der Waals surface area (Å²) in [6.07, 6.45) is 0. The van der Waals surface area contributed by atoms with E-state index in [0.717, 1.165) is 23.5 Å². The Morgan fingerprint density at radius 3 is 2.38 bits per heavy atom. The van der Waals surface area contributed by atoms with Crippen LogP contribution < -0.4 is 5.32 Å². The second-order valence-corrected chi connectivity index (χ2v) is 5.62. The summed E-state index contributed by atoms with van der Waals surface area (Å²) in [4.78, 5) is 9.10. The molecule has 1 aromatic carbocycles. The Morgan fingerprint density at radius 2 is 1.86 bits per heavy atom. The molecule has 0 aliphatic heterocycles. The third-order valence-corrected chi connectivity index (χ3v) is 3.81. The number of likely N-dealkylation sites (N-methyl/N-ethyl adjacent to an activating group) is 1. The van der Waals surface area contributed by atoms with Gasteiger partial charge in [0, 0.05) is 23.5 Å². The van der Waals surface area contributed by atoms with Gasteiger partial charge in [0.2, 0.25) is 0 Å². The summed E-state index contributed by atoms with van der Waals surface area (Å²) in [7, 11) is 1.93. The average molecular weight is 308 g/mol. The van der Waals surface area contributed by atoms with Crippen LogP contribution in [0, 0.1) is 19.7 Å². The van der Waals surface area contributed by atoms with Crippen molar-refractivity contribution in [1.82, 2.24) is 15.3 Å². The van der Waals surface area contributed by atoms with E-state index in [1.54, 1.807) is 6.07 Å². The van der Waals surface area contributed by atoms with E-state index in [2.05, 4.69) is 22.2 Å². The van der Waals surface area contributed by atoms with Crippen molar-refractivity contribution in [3.63, 3.8) is 0 Å². The van der Waals surface area contributed by atoms with Crippen LogP contribution in [0.3, 0.4) is 0 Å². The van der Waals surface area contributed by atoms with Gasteiger partial charge in [0.15, 0.2) is 5.82 Å². The Balaban J connectivity index is 2.49. The van der Waals surface area contributed by atoms with Gasteiger partial charge in [-0.15, -0.1) is 0 Å². The zero-order valence-electron chi connectivity index (χ0n) is 12.7. The minimum Gasteiger partial charge on any atom is -0.319 e. The van der Waals surface area contributed by atoms with Gasteiger partial charge in [-0.25, -0.2) is 14.4 Å². The highest BCUT2D eigenvalue weighted by molar-refractivity contribution is 6.33. The number of hydrogen-bond donors (Lipinski definition) is 1. The smallest absolute Gasteiger partial charge is 0.161 e. The quantitative estimate of drug-likeness (QED) is 0.931. The van der Waals surface area contributed by atoms with Crippen LogP contribution in [0.2, 0.25) is 5.02 Å². The monoisotopic (exact) mass is 307 g/mol. The van der Waals surface area contributed by atoms with Crippen LogP contribution in [0.25, 0.3) is 11.4 Å². The minimum absolute atomic E-state index is 0.324. The summed E-state index contributed by atoms with van der Waals surface area (Å²) in [5.41, 5.74) is 3.66. The van der Waals surface area contributed by atoms with Crippen molar-refractivity contribution >= 4 is 11.6 Å². The lowest BCUT2D eigenvalue weighted by molar-refractivity contribution is 0.628. The number of nitrogens with one attached hydrogen (secondary N) is 1. The molecule has 3 nitrogen and oxygen atoms in total. The van der Waals surface area contributed by atoms with E-state index in [1.807, 2.05) is 20.9 Å². The SMILES string of the molecule is CNCC(C)c1c(C)nc(-c2ccc(F)cc2Cl)nc1C. The van der Waals surface area contributed by atoms with E-state index in [1.165, 1.54) is 12.1 Å². The number of aryl methyl sites for hydroxylation is 2. The molecule has 112 valence electrons. The van der Waals surface area contributed by atoms with Crippen molar-refractivity contribution in [2.75, 3.05) is 13.6 Å². The maximum atomic E-state index is 13.1.